The number of fused-ring (bicyclic) bond motifs is 6. The minimum atomic E-state index is -0.136. The molecule has 188 valence electrons. The van der Waals surface area contributed by atoms with Crippen LogP contribution >= 0.6 is 0 Å². The van der Waals surface area contributed by atoms with E-state index in [1.807, 2.05) is 31.3 Å². The lowest BCUT2D eigenvalue weighted by molar-refractivity contribution is 0.174. The Morgan fingerprint density at radius 2 is 1.62 bits per heavy atom. The third-order valence-corrected chi connectivity index (χ3v) is 6.75. The summed E-state index contributed by atoms with van der Waals surface area (Å²) in [6.07, 6.45) is 0. The van der Waals surface area contributed by atoms with E-state index < -0.39 is 0 Å². The molecular formula is C28H26N4O5. The molecule has 0 bridgehead atoms. The molecule has 0 unspecified atom stereocenters. The molecule has 0 aliphatic carbocycles. The Bertz CT molecular complexity index is 1700. The molecule has 0 saturated carbocycles. The van der Waals surface area contributed by atoms with E-state index in [9.17, 15) is 4.79 Å². The van der Waals surface area contributed by atoms with Crippen LogP contribution in [0.25, 0.3) is 32.7 Å². The second-order valence-corrected chi connectivity index (χ2v) is 9.05. The quantitative estimate of drug-likeness (QED) is 0.312. The standard InChI is InChI=1S/C28H26N4O5/c1-31(15-17-7-5-4-6-8-17)9-10-32-27-20-13-24-25(37-16-36-24)14-21(20)29-30-26(27)18-11-22(34-2)23(35-3)12-19(18)28(32)33/h4-8,11-14H,9-10,15-16H2,1-3H3. The Morgan fingerprint density at radius 1 is 0.919 bits per heavy atom. The molecule has 0 amide bonds. The van der Waals surface area contributed by atoms with Gasteiger partial charge in [0.2, 0.25) is 6.79 Å². The second-order valence-electron chi connectivity index (χ2n) is 9.05. The number of rotatable bonds is 7. The summed E-state index contributed by atoms with van der Waals surface area (Å²) in [5.41, 5.74) is 3.00. The molecule has 2 aromatic heterocycles. The zero-order valence-electron chi connectivity index (χ0n) is 20.9. The first kappa shape index (κ1) is 23.1. The van der Waals surface area contributed by atoms with E-state index in [2.05, 4.69) is 27.2 Å². The van der Waals surface area contributed by atoms with Crippen molar-refractivity contribution in [2.45, 2.75) is 13.1 Å². The van der Waals surface area contributed by atoms with Crippen LogP contribution in [0.3, 0.4) is 0 Å². The fraction of sp³-hybridized carbons (Fsp3) is 0.250. The molecule has 0 fully saturated rings. The van der Waals surface area contributed by atoms with Gasteiger partial charge in [0.25, 0.3) is 5.56 Å². The first-order valence-electron chi connectivity index (χ1n) is 12.0. The molecule has 0 radical (unpaired) electrons. The van der Waals surface area contributed by atoms with Gasteiger partial charge in [0.05, 0.1) is 30.6 Å². The van der Waals surface area contributed by atoms with Crippen LogP contribution in [0.4, 0.5) is 0 Å². The van der Waals surface area contributed by atoms with Crippen LogP contribution in [0.1, 0.15) is 5.56 Å². The van der Waals surface area contributed by atoms with Gasteiger partial charge in [-0.15, -0.1) is 10.2 Å². The maximum Gasteiger partial charge on any atom is 0.259 e. The average Bonchev–Trinajstić information content (AvgIpc) is 3.38. The predicted octanol–water partition coefficient (Wildman–Crippen LogP) is 3.98. The van der Waals surface area contributed by atoms with Crippen molar-refractivity contribution >= 4 is 32.7 Å². The molecule has 3 aromatic carbocycles. The molecule has 9 nitrogen and oxygen atoms in total. The number of benzene rings is 3. The molecular weight excluding hydrogens is 472 g/mol. The lowest BCUT2D eigenvalue weighted by atomic mass is 10.1. The van der Waals surface area contributed by atoms with Crippen molar-refractivity contribution in [3.8, 4) is 23.0 Å². The van der Waals surface area contributed by atoms with Crippen molar-refractivity contribution in [3.63, 3.8) is 0 Å². The van der Waals surface area contributed by atoms with E-state index in [-0.39, 0.29) is 12.4 Å². The minimum absolute atomic E-state index is 0.136. The van der Waals surface area contributed by atoms with E-state index in [1.54, 1.807) is 37.0 Å². The summed E-state index contributed by atoms with van der Waals surface area (Å²) in [6, 6.07) is 17.4. The van der Waals surface area contributed by atoms with Gasteiger partial charge in [-0.05, 0) is 30.8 Å². The number of hydrogen-bond donors (Lipinski definition) is 0. The van der Waals surface area contributed by atoms with Gasteiger partial charge < -0.3 is 28.4 Å². The average molecular weight is 499 g/mol. The molecule has 0 N–H and O–H groups in total. The topological polar surface area (TPSA) is 87.9 Å². The first-order valence-corrected chi connectivity index (χ1v) is 12.0. The number of aromatic nitrogens is 3. The predicted molar refractivity (Wildman–Crippen MR) is 141 cm³/mol. The maximum absolute atomic E-state index is 14.0. The lowest BCUT2D eigenvalue weighted by Gasteiger charge is -2.20. The molecule has 6 rings (SSSR count). The van der Waals surface area contributed by atoms with Crippen molar-refractivity contribution in [2.75, 3.05) is 34.6 Å². The highest BCUT2D eigenvalue weighted by Crippen LogP contribution is 2.39. The van der Waals surface area contributed by atoms with Crippen LogP contribution < -0.4 is 24.5 Å². The van der Waals surface area contributed by atoms with E-state index in [4.69, 9.17) is 18.9 Å². The third kappa shape index (κ3) is 3.97. The van der Waals surface area contributed by atoms with Gasteiger partial charge in [0.1, 0.15) is 5.52 Å². The van der Waals surface area contributed by atoms with E-state index in [0.29, 0.717) is 63.4 Å². The normalized spacial score (nSPS) is 12.6. The van der Waals surface area contributed by atoms with Crippen LogP contribution in [0, 0.1) is 0 Å². The number of nitrogens with zero attached hydrogens (tertiary/aromatic N) is 4. The molecule has 0 saturated heterocycles. The van der Waals surface area contributed by atoms with E-state index >= 15 is 0 Å². The summed E-state index contributed by atoms with van der Waals surface area (Å²) in [5.74, 6) is 2.24. The Hall–Kier alpha value is -4.37. The summed E-state index contributed by atoms with van der Waals surface area (Å²) >= 11 is 0. The molecule has 9 heteroatoms. The van der Waals surface area contributed by atoms with Crippen molar-refractivity contribution < 1.29 is 18.9 Å². The van der Waals surface area contributed by atoms with Gasteiger partial charge in [-0.3, -0.25) is 4.79 Å². The van der Waals surface area contributed by atoms with Gasteiger partial charge in [-0.1, -0.05) is 30.3 Å². The van der Waals surface area contributed by atoms with Gasteiger partial charge in [-0.25, -0.2) is 0 Å². The monoisotopic (exact) mass is 498 g/mol. The van der Waals surface area contributed by atoms with Crippen molar-refractivity contribution in [2.24, 2.45) is 0 Å². The molecule has 37 heavy (non-hydrogen) atoms. The Morgan fingerprint density at radius 3 is 2.35 bits per heavy atom. The van der Waals surface area contributed by atoms with Gasteiger partial charge in [-0.2, -0.15) is 0 Å². The fourth-order valence-corrected chi connectivity index (χ4v) is 4.89. The lowest BCUT2D eigenvalue weighted by Crippen LogP contribution is -2.29. The van der Waals surface area contributed by atoms with Gasteiger partial charge >= 0.3 is 0 Å². The van der Waals surface area contributed by atoms with Crippen LogP contribution in [-0.4, -0.2) is 54.3 Å². The SMILES string of the molecule is COc1cc2c(=O)n(CCN(C)Cc3ccccc3)c3c4cc5c(cc4nnc3c2cc1OC)OCO5. The summed E-state index contributed by atoms with van der Waals surface area (Å²) in [6.45, 7) is 2.02. The van der Waals surface area contributed by atoms with Crippen LogP contribution in [0.15, 0.2) is 59.4 Å². The largest absolute Gasteiger partial charge is 0.493 e. The highest BCUT2D eigenvalue weighted by molar-refractivity contribution is 6.13. The Balaban J connectivity index is 1.56. The minimum Gasteiger partial charge on any atom is -0.493 e. The number of likely N-dealkylation sites (N-methyl/N-ethyl adjacent to an activating group) is 1. The van der Waals surface area contributed by atoms with Crippen molar-refractivity contribution in [1.82, 2.24) is 19.7 Å². The molecule has 3 heterocycles. The zero-order valence-corrected chi connectivity index (χ0v) is 20.9. The maximum atomic E-state index is 14.0. The molecule has 0 spiro atoms. The summed E-state index contributed by atoms with van der Waals surface area (Å²) in [5, 5.41) is 11.0. The Kier molecular flexibility index (Phi) is 5.77. The van der Waals surface area contributed by atoms with Crippen LogP contribution in [0.5, 0.6) is 23.0 Å². The number of methoxy groups -OCH3 is 2. The second kappa shape index (κ2) is 9.25. The van der Waals surface area contributed by atoms with Crippen molar-refractivity contribution in [1.29, 1.82) is 0 Å². The summed E-state index contributed by atoms with van der Waals surface area (Å²) < 4.78 is 24.0. The molecule has 5 aromatic rings. The zero-order chi connectivity index (χ0) is 25.5. The summed E-state index contributed by atoms with van der Waals surface area (Å²) in [7, 11) is 5.17. The highest BCUT2D eigenvalue weighted by Gasteiger charge is 2.22. The molecule has 1 aliphatic rings. The van der Waals surface area contributed by atoms with Crippen molar-refractivity contribution in [3.05, 3.63) is 70.5 Å². The van der Waals surface area contributed by atoms with Crippen LogP contribution in [0.2, 0.25) is 0 Å². The van der Waals surface area contributed by atoms with E-state index in [1.165, 1.54) is 5.56 Å². The van der Waals surface area contributed by atoms with Crippen LogP contribution in [-0.2, 0) is 13.1 Å². The van der Waals surface area contributed by atoms with Gasteiger partial charge in [0, 0.05) is 36.5 Å². The first-order chi connectivity index (χ1) is 18.1. The third-order valence-electron chi connectivity index (χ3n) is 6.75. The molecule has 0 atom stereocenters. The number of hydrogen-bond acceptors (Lipinski definition) is 8. The number of pyridine rings is 1. The fourth-order valence-electron chi connectivity index (χ4n) is 4.89. The summed E-state index contributed by atoms with van der Waals surface area (Å²) in [4.78, 5) is 16.2. The Labute approximate surface area is 212 Å². The smallest absolute Gasteiger partial charge is 0.259 e. The molecule has 1 aliphatic heterocycles. The van der Waals surface area contributed by atoms with Gasteiger partial charge in [0.15, 0.2) is 23.0 Å². The highest BCUT2D eigenvalue weighted by atomic mass is 16.7. The number of ether oxygens (including phenoxy) is 4. The van der Waals surface area contributed by atoms with E-state index in [0.717, 1.165) is 11.9 Å².